The van der Waals surface area contributed by atoms with Crippen LogP contribution >= 0.6 is 10.0 Å². The summed E-state index contributed by atoms with van der Waals surface area (Å²) >= 11 is 0. The molecule has 0 saturated carbocycles. The highest BCUT2D eigenvalue weighted by atomic mass is 32.3. The van der Waals surface area contributed by atoms with Crippen LogP contribution in [-0.4, -0.2) is 28.4 Å². The van der Waals surface area contributed by atoms with Crippen molar-refractivity contribution in [3.8, 4) is 0 Å². The van der Waals surface area contributed by atoms with Gasteiger partial charge in [-0.25, -0.2) is 0 Å². The second-order valence-corrected chi connectivity index (χ2v) is 15.1. The minimum atomic E-state index is -1.99. The number of hydrogen-bond acceptors (Lipinski definition) is 4. The molecule has 0 radical (unpaired) electrons. The van der Waals surface area contributed by atoms with E-state index in [0.717, 1.165) is 0 Å². The van der Waals surface area contributed by atoms with Crippen molar-refractivity contribution in [2.45, 2.75) is 19.6 Å². The molecule has 0 bridgehead atoms. The first-order valence-corrected chi connectivity index (χ1v) is 17.3. The monoisotopic (exact) mass is 604 g/mol. The van der Waals surface area contributed by atoms with E-state index in [0.29, 0.717) is 0 Å². The maximum absolute atomic E-state index is 5.06. The van der Waals surface area contributed by atoms with Crippen molar-refractivity contribution < 1.29 is 0 Å². The fraction of sp³-hybridized carbons (Fsp3) is 0. The third-order valence-corrected chi connectivity index (χ3v) is 13.7. The number of nitrogens with zero attached hydrogens (tertiary/aromatic N) is 4. The van der Waals surface area contributed by atoms with Crippen molar-refractivity contribution in [3.05, 3.63) is 159 Å². The van der Waals surface area contributed by atoms with Crippen LogP contribution in [0.25, 0.3) is 0 Å². The third kappa shape index (κ3) is 3.30. The first kappa shape index (κ1) is 25.9. The molecular weight excluding hydrogens is 578 g/mol. The zero-order valence-electron chi connectivity index (χ0n) is 24.9. The molecule has 0 N–H and O–H groups in total. The number of hydrogen-bond donors (Lipinski definition) is 0. The molecule has 0 spiro atoms. The average Bonchev–Trinajstić information content (AvgIpc) is 3.13. The lowest BCUT2D eigenvalue weighted by atomic mass is 9.31. The van der Waals surface area contributed by atoms with Crippen molar-refractivity contribution in [3.63, 3.8) is 0 Å². The Morgan fingerprint density at radius 3 is 1.15 bits per heavy atom. The van der Waals surface area contributed by atoms with Gasteiger partial charge in [0.25, 0.3) is 13.4 Å². The third-order valence-electron chi connectivity index (χ3n) is 9.83. The summed E-state index contributed by atoms with van der Waals surface area (Å²) in [5.74, 6) is 0. The summed E-state index contributed by atoms with van der Waals surface area (Å²) in [6.07, 6.45) is 12.6. The summed E-state index contributed by atoms with van der Waals surface area (Å²) in [5.41, 5.74) is 11.1. The van der Waals surface area contributed by atoms with Crippen LogP contribution in [0.15, 0.2) is 178 Å². The molecule has 4 nitrogen and oxygen atoms in total. The van der Waals surface area contributed by atoms with E-state index in [1.54, 1.807) is 0 Å². The Morgan fingerprint density at radius 2 is 0.739 bits per heavy atom. The Kier molecular flexibility index (Phi) is 5.52. The number of pyridine rings is 3. The predicted octanol–water partition coefficient (Wildman–Crippen LogP) is 4.65. The smallest absolute Gasteiger partial charge is 0.250 e. The maximum atomic E-state index is 5.06. The van der Waals surface area contributed by atoms with E-state index in [1.165, 1.54) is 69.4 Å². The zero-order chi connectivity index (χ0) is 30.2. The van der Waals surface area contributed by atoms with Gasteiger partial charge in [0.05, 0.1) is 11.4 Å². The van der Waals surface area contributed by atoms with Gasteiger partial charge in [0, 0.05) is 62.5 Å². The van der Waals surface area contributed by atoms with Crippen LogP contribution in [0.1, 0.15) is 0 Å². The van der Waals surface area contributed by atoms with E-state index < -0.39 is 10.0 Å². The van der Waals surface area contributed by atoms with Gasteiger partial charge in [-0.15, -0.1) is 10.0 Å². The molecule has 0 aliphatic carbocycles. The summed E-state index contributed by atoms with van der Waals surface area (Å²) in [6.45, 7) is -0.0142. The molecule has 214 valence electrons. The summed E-state index contributed by atoms with van der Waals surface area (Å²) in [4.78, 5) is 22.7. The first-order chi connectivity index (χ1) is 22.9. The zero-order valence-corrected chi connectivity index (χ0v) is 25.7. The van der Waals surface area contributed by atoms with E-state index in [1.807, 2.05) is 0 Å². The second-order valence-electron chi connectivity index (χ2n) is 12.1. The Balaban J connectivity index is 1.43. The van der Waals surface area contributed by atoms with Crippen molar-refractivity contribution in [2.75, 3.05) is 4.90 Å². The molecule has 10 rings (SSSR count). The minimum absolute atomic E-state index is 0.00708. The van der Waals surface area contributed by atoms with Gasteiger partial charge in [0.2, 0.25) is 0 Å². The van der Waals surface area contributed by atoms with Crippen molar-refractivity contribution in [1.82, 2.24) is 15.0 Å². The van der Waals surface area contributed by atoms with Crippen LogP contribution in [0.4, 0.5) is 17.1 Å². The van der Waals surface area contributed by atoms with Crippen LogP contribution in [-0.2, 0) is 0 Å². The number of anilines is 3. The Morgan fingerprint density at radius 1 is 0.391 bits per heavy atom. The lowest BCUT2D eigenvalue weighted by Gasteiger charge is -2.54. The average molecular weight is 604 g/mol. The fourth-order valence-corrected chi connectivity index (χ4v) is 12.2. The van der Waals surface area contributed by atoms with E-state index in [4.69, 9.17) is 15.0 Å². The lowest BCUT2D eigenvalue weighted by molar-refractivity contribution is 1.07. The van der Waals surface area contributed by atoms with Crippen LogP contribution in [0, 0.1) is 0 Å². The molecule has 0 saturated heterocycles. The molecule has 7 aromatic rings. The van der Waals surface area contributed by atoms with Gasteiger partial charge < -0.3 is 4.90 Å². The molecular formula is C39H26B2N4S. The topological polar surface area (TPSA) is 41.9 Å². The molecule has 6 heterocycles. The van der Waals surface area contributed by atoms with Gasteiger partial charge in [0.1, 0.15) is 0 Å². The summed E-state index contributed by atoms with van der Waals surface area (Å²) in [6, 6.07) is 43.9. The van der Waals surface area contributed by atoms with Crippen molar-refractivity contribution in [1.29, 1.82) is 0 Å². The molecule has 0 fully saturated rings. The molecule has 3 aliphatic rings. The molecule has 3 aliphatic heterocycles. The lowest BCUT2D eigenvalue weighted by Crippen LogP contribution is -2.66. The van der Waals surface area contributed by atoms with Gasteiger partial charge in [-0.3, -0.25) is 15.0 Å². The highest BCUT2D eigenvalue weighted by Crippen LogP contribution is 2.79. The summed E-state index contributed by atoms with van der Waals surface area (Å²) in [7, 11) is -1.99. The standard InChI is InChI=1S/C39H26B2N4S/c1-5-13-27(14-6-1)40-31-21-42-22-32-37(31)45-38-33(40)23-43-25-35(38)46(29-17-9-3-10-18-29,30-19-11-4-12-20-30)36-26-44-24-34(39(36)45)41(32)28-15-7-2-8-16-28/h1-26H. The fourth-order valence-electron chi connectivity index (χ4n) is 8.11. The second kappa shape index (κ2) is 9.80. The number of aromatic nitrogens is 3. The van der Waals surface area contributed by atoms with E-state index in [2.05, 4.69) is 163 Å². The van der Waals surface area contributed by atoms with Gasteiger partial charge in [-0.1, -0.05) is 108 Å². The highest BCUT2D eigenvalue weighted by Gasteiger charge is 2.52. The minimum Gasteiger partial charge on any atom is -0.310 e. The van der Waals surface area contributed by atoms with E-state index in [9.17, 15) is 0 Å². The first-order valence-electron chi connectivity index (χ1n) is 15.6. The van der Waals surface area contributed by atoms with Crippen LogP contribution in [0.2, 0.25) is 0 Å². The Labute approximate surface area is 270 Å². The normalized spacial score (nSPS) is 15.3. The maximum Gasteiger partial charge on any atom is 0.250 e. The molecule has 4 aromatic carbocycles. The highest BCUT2D eigenvalue weighted by molar-refractivity contribution is 8.34. The number of rotatable bonds is 4. The largest absolute Gasteiger partial charge is 0.310 e. The van der Waals surface area contributed by atoms with E-state index in [-0.39, 0.29) is 13.4 Å². The molecule has 7 heteroatoms. The Hall–Kier alpha value is -5.39. The molecule has 0 unspecified atom stereocenters. The van der Waals surface area contributed by atoms with Crippen molar-refractivity contribution >= 4 is 73.3 Å². The van der Waals surface area contributed by atoms with Crippen LogP contribution < -0.4 is 37.7 Å². The molecule has 3 aromatic heterocycles. The van der Waals surface area contributed by atoms with Gasteiger partial charge >= 0.3 is 0 Å². The van der Waals surface area contributed by atoms with Gasteiger partial charge in [-0.2, -0.15) is 0 Å². The SMILES string of the molecule is c1ccc(B2c3cncc4c3N3c5c2cncc5S(c2ccccc2)(c2ccccc2)c2cncc(c23)B4c2ccccc2)cc1. The summed E-state index contributed by atoms with van der Waals surface area (Å²) < 4.78 is 0. The van der Waals surface area contributed by atoms with Gasteiger partial charge in [0.15, 0.2) is 0 Å². The number of benzene rings is 4. The molecule has 0 amide bonds. The van der Waals surface area contributed by atoms with Crippen molar-refractivity contribution in [2.24, 2.45) is 0 Å². The quantitative estimate of drug-likeness (QED) is 0.275. The molecule has 46 heavy (non-hydrogen) atoms. The molecule has 0 atom stereocenters. The van der Waals surface area contributed by atoms with Crippen LogP contribution in [0.5, 0.6) is 0 Å². The van der Waals surface area contributed by atoms with E-state index >= 15 is 0 Å². The predicted molar refractivity (Wildman–Crippen MR) is 190 cm³/mol. The summed E-state index contributed by atoms with van der Waals surface area (Å²) in [5, 5.41) is 0. The van der Waals surface area contributed by atoms with Gasteiger partial charge in [-0.05, 0) is 46.1 Å². The Bertz CT molecular complexity index is 2130. The van der Waals surface area contributed by atoms with Crippen LogP contribution in [0.3, 0.4) is 0 Å².